The minimum absolute atomic E-state index is 0.338. The molecule has 2 aromatic rings. The number of methoxy groups -OCH3 is 1. The van der Waals surface area contributed by atoms with E-state index in [1.54, 1.807) is 12.1 Å². The number of carbonyl (C=O) groups excluding carboxylic acids is 1. The highest BCUT2D eigenvalue weighted by Gasteiger charge is 2.09. The molecule has 16 heavy (non-hydrogen) atoms. The maximum absolute atomic E-state index is 11.3. The van der Waals surface area contributed by atoms with Crippen LogP contribution in [0.2, 0.25) is 0 Å². The predicted molar refractivity (Wildman–Crippen MR) is 61.5 cm³/mol. The number of rotatable bonds is 3. The Labute approximate surface area is 94.0 Å². The lowest BCUT2D eigenvalue weighted by molar-refractivity contribution is 0.0601. The summed E-state index contributed by atoms with van der Waals surface area (Å²) in [6.45, 7) is 2.10. The van der Waals surface area contributed by atoms with Crippen LogP contribution < -0.4 is 0 Å². The van der Waals surface area contributed by atoms with Crippen LogP contribution in [0.4, 0.5) is 0 Å². The molecule has 0 unspecified atom stereocenters. The summed E-state index contributed by atoms with van der Waals surface area (Å²) < 4.78 is 10.3. The van der Waals surface area contributed by atoms with Gasteiger partial charge in [-0.05, 0) is 24.6 Å². The van der Waals surface area contributed by atoms with Gasteiger partial charge in [-0.3, -0.25) is 0 Å². The molecule has 0 bridgehead atoms. The van der Waals surface area contributed by atoms with Gasteiger partial charge in [0.1, 0.15) is 11.3 Å². The van der Waals surface area contributed by atoms with Crippen LogP contribution in [0, 0.1) is 0 Å². The normalized spacial score (nSPS) is 10.6. The number of ether oxygens (including phenoxy) is 1. The van der Waals surface area contributed by atoms with Crippen molar-refractivity contribution in [2.45, 2.75) is 19.8 Å². The molecule has 0 saturated carbocycles. The zero-order chi connectivity index (χ0) is 11.5. The van der Waals surface area contributed by atoms with E-state index in [4.69, 9.17) is 4.42 Å². The smallest absolute Gasteiger partial charge is 0.337 e. The van der Waals surface area contributed by atoms with Gasteiger partial charge < -0.3 is 9.15 Å². The summed E-state index contributed by atoms with van der Waals surface area (Å²) in [5.74, 6) is 0.620. The maximum atomic E-state index is 11.3. The number of hydrogen-bond donors (Lipinski definition) is 0. The highest BCUT2D eigenvalue weighted by atomic mass is 16.5. The van der Waals surface area contributed by atoms with E-state index in [1.807, 2.05) is 12.1 Å². The number of furan rings is 1. The van der Waals surface area contributed by atoms with Crippen LogP contribution in [0.1, 0.15) is 29.5 Å². The fourth-order valence-corrected chi connectivity index (χ4v) is 1.70. The van der Waals surface area contributed by atoms with Gasteiger partial charge in [0.25, 0.3) is 0 Å². The average molecular weight is 218 g/mol. The van der Waals surface area contributed by atoms with Gasteiger partial charge in [0.05, 0.1) is 12.7 Å². The fourth-order valence-electron chi connectivity index (χ4n) is 1.70. The summed E-state index contributed by atoms with van der Waals surface area (Å²) in [4.78, 5) is 11.3. The summed E-state index contributed by atoms with van der Waals surface area (Å²) in [6.07, 6.45) is 1.96. The van der Waals surface area contributed by atoms with Gasteiger partial charge in [-0.25, -0.2) is 4.79 Å². The Morgan fingerprint density at radius 1 is 1.38 bits per heavy atom. The van der Waals surface area contributed by atoms with E-state index in [9.17, 15) is 4.79 Å². The van der Waals surface area contributed by atoms with Gasteiger partial charge in [0, 0.05) is 11.8 Å². The lowest BCUT2D eigenvalue weighted by Gasteiger charge is -1.97. The first-order valence-corrected chi connectivity index (χ1v) is 5.35. The van der Waals surface area contributed by atoms with Crippen LogP contribution in [0.5, 0.6) is 0 Å². The second-order valence-corrected chi connectivity index (χ2v) is 3.71. The standard InChI is InChI=1S/C13H14O3/c1-3-4-11-7-9-5-6-10(13(14)15-2)8-12(9)16-11/h5-8H,3-4H2,1-2H3. The van der Waals surface area contributed by atoms with Crippen molar-refractivity contribution >= 4 is 16.9 Å². The van der Waals surface area contributed by atoms with Crippen molar-refractivity contribution in [2.24, 2.45) is 0 Å². The van der Waals surface area contributed by atoms with Gasteiger partial charge in [-0.15, -0.1) is 0 Å². The first-order valence-electron chi connectivity index (χ1n) is 5.35. The first kappa shape index (κ1) is 10.7. The Hall–Kier alpha value is -1.77. The lowest BCUT2D eigenvalue weighted by atomic mass is 10.1. The Kier molecular flexibility index (Phi) is 2.95. The van der Waals surface area contributed by atoms with Crippen LogP contribution in [0.15, 0.2) is 28.7 Å². The molecule has 0 N–H and O–H groups in total. The van der Waals surface area contributed by atoms with Gasteiger partial charge in [0.2, 0.25) is 0 Å². The van der Waals surface area contributed by atoms with Crippen molar-refractivity contribution < 1.29 is 13.9 Å². The fraction of sp³-hybridized carbons (Fsp3) is 0.308. The van der Waals surface area contributed by atoms with Crippen molar-refractivity contribution in [3.8, 4) is 0 Å². The number of benzene rings is 1. The minimum atomic E-state index is -0.338. The number of carbonyl (C=O) groups is 1. The molecule has 0 radical (unpaired) electrons. The molecule has 84 valence electrons. The summed E-state index contributed by atoms with van der Waals surface area (Å²) in [6, 6.07) is 7.36. The number of esters is 1. The third kappa shape index (κ3) is 1.94. The van der Waals surface area contributed by atoms with E-state index in [-0.39, 0.29) is 5.97 Å². The number of fused-ring (bicyclic) bond motifs is 1. The molecule has 3 heteroatoms. The van der Waals surface area contributed by atoms with Crippen molar-refractivity contribution in [1.29, 1.82) is 0 Å². The molecule has 0 aliphatic carbocycles. The van der Waals surface area contributed by atoms with Crippen molar-refractivity contribution in [3.63, 3.8) is 0 Å². The van der Waals surface area contributed by atoms with E-state index >= 15 is 0 Å². The number of aryl methyl sites for hydroxylation is 1. The molecular formula is C13H14O3. The molecule has 0 aliphatic rings. The van der Waals surface area contributed by atoms with Crippen molar-refractivity contribution in [2.75, 3.05) is 7.11 Å². The Balaban J connectivity index is 2.41. The van der Waals surface area contributed by atoms with E-state index in [0.717, 1.165) is 29.6 Å². The quantitative estimate of drug-likeness (QED) is 0.743. The van der Waals surface area contributed by atoms with Crippen LogP contribution >= 0.6 is 0 Å². The molecular weight excluding hydrogens is 204 g/mol. The summed E-state index contributed by atoms with van der Waals surface area (Å²) in [5.41, 5.74) is 1.26. The van der Waals surface area contributed by atoms with E-state index in [2.05, 4.69) is 11.7 Å². The van der Waals surface area contributed by atoms with Gasteiger partial charge in [-0.1, -0.05) is 13.0 Å². The third-order valence-electron chi connectivity index (χ3n) is 2.49. The molecule has 1 aromatic heterocycles. The molecule has 2 rings (SSSR count). The van der Waals surface area contributed by atoms with Gasteiger partial charge >= 0.3 is 5.97 Å². The van der Waals surface area contributed by atoms with Crippen molar-refractivity contribution in [3.05, 3.63) is 35.6 Å². The first-order chi connectivity index (χ1) is 7.74. The highest BCUT2D eigenvalue weighted by Crippen LogP contribution is 2.22. The molecule has 1 aromatic carbocycles. The summed E-state index contributed by atoms with van der Waals surface area (Å²) >= 11 is 0. The zero-order valence-corrected chi connectivity index (χ0v) is 9.45. The minimum Gasteiger partial charge on any atom is -0.465 e. The zero-order valence-electron chi connectivity index (χ0n) is 9.45. The molecule has 0 amide bonds. The average Bonchev–Trinajstić information content (AvgIpc) is 2.69. The van der Waals surface area contributed by atoms with Gasteiger partial charge in [-0.2, -0.15) is 0 Å². The van der Waals surface area contributed by atoms with Crippen molar-refractivity contribution in [1.82, 2.24) is 0 Å². The van der Waals surface area contributed by atoms with E-state index < -0.39 is 0 Å². The molecule has 0 fully saturated rings. The molecule has 0 saturated heterocycles. The maximum Gasteiger partial charge on any atom is 0.337 e. The summed E-state index contributed by atoms with van der Waals surface area (Å²) in [5, 5.41) is 1.02. The van der Waals surface area contributed by atoms with Crippen LogP contribution in [0.3, 0.4) is 0 Å². The Morgan fingerprint density at radius 3 is 2.88 bits per heavy atom. The largest absolute Gasteiger partial charge is 0.465 e. The SMILES string of the molecule is CCCc1cc2ccc(C(=O)OC)cc2o1. The van der Waals surface area contributed by atoms with Crippen LogP contribution in [0.25, 0.3) is 11.0 Å². The molecule has 1 heterocycles. The van der Waals surface area contributed by atoms with Crippen LogP contribution in [-0.4, -0.2) is 13.1 Å². The summed E-state index contributed by atoms with van der Waals surface area (Å²) in [7, 11) is 1.37. The predicted octanol–water partition coefficient (Wildman–Crippen LogP) is 3.17. The molecule has 0 aliphatic heterocycles. The third-order valence-corrected chi connectivity index (χ3v) is 2.49. The monoisotopic (exact) mass is 218 g/mol. The highest BCUT2D eigenvalue weighted by molar-refractivity contribution is 5.93. The number of hydrogen-bond acceptors (Lipinski definition) is 3. The van der Waals surface area contributed by atoms with E-state index in [0.29, 0.717) is 5.56 Å². The molecule has 0 spiro atoms. The Bertz CT molecular complexity index is 511. The van der Waals surface area contributed by atoms with Crippen LogP contribution in [-0.2, 0) is 11.2 Å². The second kappa shape index (κ2) is 4.39. The molecule has 0 atom stereocenters. The van der Waals surface area contributed by atoms with Gasteiger partial charge in [0.15, 0.2) is 0 Å². The second-order valence-electron chi connectivity index (χ2n) is 3.71. The Morgan fingerprint density at radius 2 is 2.19 bits per heavy atom. The lowest BCUT2D eigenvalue weighted by Crippen LogP contribution is -1.99. The molecule has 3 nitrogen and oxygen atoms in total. The van der Waals surface area contributed by atoms with E-state index in [1.165, 1.54) is 7.11 Å². The topological polar surface area (TPSA) is 39.4 Å².